The zero-order chi connectivity index (χ0) is 13.2. The van der Waals surface area contributed by atoms with Crippen molar-refractivity contribution in [2.75, 3.05) is 19.8 Å². The van der Waals surface area contributed by atoms with Gasteiger partial charge in [-0.25, -0.2) is 4.98 Å². The molecule has 2 aromatic rings. The number of aromatic nitrogens is 2. The van der Waals surface area contributed by atoms with Gasteiger partial charge in [-0.3, -0.25) is 0 Å². The fraction of sp³-hybridized carbons (Fsp3) is 0.500. The molecule has 0 spiro atoms. The average Bonchev–Trinajstić information content (AvgIpc) is 2.77. The lowest BCUT2D eigenvalue weighted by atomic mass is 10.2. The lowest BCUT2D eigenvalue weighted by molar-refractivity contribution is 0.172. The zero-order valence-corrected chi connectivity index (χ0v) is 11.3. The highest BCUT2D eigenvalue weighted by molar-refractivity contribution is 5.79. The van der Waals surface area contributed by atoms with Crippen LogP contribution in [0.2, 0.25) is 0 Å². The minimum absolute atomic E-state index is 0.410. The Morgan fingerprint density at radius 1 is 1.32 bits per heavy atom. The SMILES string of the molecule is CCNC(C)Cc1nc2cc3c(cc2[nH]1)OCCO3. The van der Waals surface area contributed by atoms with Gasteiger partial charge in [0.2, 0.25) is 0 Å². The van der Waals surface area contributed by atoms with Crippen LogP contribution in [0.3, 0.4) is 0 Å². The summed E-state index contributed by atoms with van der Waals surface area (Å²) in [5.41, 5.74) is 1.94. The van der Waals surface area contributed by atoms with Crippen LogP contribution in [0.1, 0.15) is 19.7 Å². The highest BCUT2D eigenvalue weighted by Gasteiger charge is 2.15. The molecule has 0 radical (unpaired) electrons. The van der Waals surface area contributed by atoms with Crippen LogP contribution in [-0.4, -0.2) is 35.8 Å². The highest BCUT2D eigenvalue weighted by atomic mass is 16.6. The van der Waals surface area contributed by atoms with E-state index in [1.165, 1.54) is 0 Å². The average molecular weight is 261 g/mol. The first kappa shape index (κ1) is 12.3. The smallest absolute Gasteiger partial charge is 0.163 e. The van der Waals surface area contributed by atoms with Gasteiger partial charge in [-0.1, -0.05) is 6.92 Å². The molecule has 102 valence electrons. The molecule has 0 bridgehead atoms. The van der Waals surface area contributed by atoms with Gasteiger partial charge in [-0.2, -0.15) is 0 Å². The van der Waals surface area contributed by atoms with E-state index in [0.29, 0.717) is 19.3 Å². The molecular weight excluding hydrogens is 242 g/mol. The first-order chi connectivity index (χ1) is 9.26. The number of hydrogen-bond acceptors (Lipinski definition) is 4. The van der Waals surface area contributed by atoms with Gasteiger partial charge in [0.05, 0.1) is 11.0 Å². The Hall–Kier alpha value is -1.75. The van der Waals surface area contributed by atoms with Gasteiger partial charge in [-0.15, -0.1) is 0 Å². The van der Waals surface area contributed by atoms with Gasteiger partial charge in [-0.05, 0) is 13.5 Å². The third-order valence-corrected chi connectivity index (χ3v) is 3.25. The lowest BCUT2D eigenvalue weighted by Crippen LogP contribution is -2.27. The summed E-state index contributed by atoms with van der Waals surface area (Å²) in [6.45, 7) is 6.45. The van der Waals surface area contributed by atoms with Crippen molar-refractivity contribution in [1.82, 2.24) is 15.3 Å². The molecule has 1 unspecified atom stereocenters. The molecule has 0 saturated heterocycles. The van der Waals surface area contributed by atoms with Crippen molar-refractivity contribution in [3.63, 3.8) is 0 Å². The van der Waals surface area contributed by atoms with Crippen LogP contribution in [0.5, 0.6) is 11.5 Å². The van der Waals surface area contributed by atoms with Crippen LogP contribution < -0.4 is 14.8 Å². The van der Waals surface area contributed by atoms with Crippen LogP contribution in [0, 0.1) is 0 Å². The zero-order valence-electron chi connectivity index (χ0n) is 11.3. The summed E-state index contributed by atoms with van der Waals surface area (Å²) >= 11 is 0. The summed E-state index contributed by atoms with van der Waals surface area (Å²) in [5.74, 6) is 2.58. The van der Waals surface area contributed by atoms with E-state index in [-0.39, 0.29) is 0 Å². The second-order valence-electron chi connectivity index (χ2n) is 4.86. The maximum atomic E-state index is 5.58. The van der Waals surface area contributed by atoms with Crippen LogP contribution in [0.4, 0.5) is 0 Å². The molecule has 19 heavy (non-hydrogen) atoms. The molecule has 1 aromatic carbocycles. The summed E-state index contributed by atoms with van der Waals surface area (Å²) in [6.07, 6.45) is 0.884. The summed E-state index contributed by atoms with van der Waals surface area (Å²) in [5, 5.41) is 3.38. The van der Waals surface area contributed by atoms with Crippen molar-refractivity contribution in [1.29, 1.82) is 0 Å². The van der Waals surface area contributed by atoms with E-state index in [9.17, 15) is 0 Å². The maximum absolute atomic E-state index is 5.58. The molecule has 1 aromatic heterocycles. The van der Waals surface area contributed by atoms with Gasteiger partial charge < -0.3 is 19.8 Å². The molecule has 5 nitrogen and oxygen atoms in total. The van der Waals surface area contributed by atoms with Gasteiger partial charge in [0.15, 0.2) is 11.5 Å². The summed E-state index contributed by atoms with van der Waals surface area (Å²) in [4.78, 5) is 7.96. The summed E-state index contributed by atoms with van der Waals surface area (Å²) in [6, 6.07) is 4.33. The minimum Gasteiger partial charge on any atom is -0.486 e. The Labute approximate surface area is 112 Å². The van der Waals surface area contributed by atoms with Crippen molar-refractivity contribution in [2.45, 2.75) is 26.3 Å². The fourth-order valence-corrected chi connectivity index (χ4v) is 2.41. The number of H-pyrrole nitrogens is 1. The predicted molar refractivity (Wildman–Crippen MR) is 73.9 cm³/mol. The van der Waals surface area contributed by atoms with Crippen molar-refractivity contribution in [3.8, 4) is 11.5 Å². The molecule has 2 heterocycles. The van der Waals surface area contributed by atoms with Crippen molar-refractivity contribution < 1.29 is 9.47 Å². The molecule has 0 saturated carbocycles. The Bertz CT molecular complexity index is 536. The van der Waals surface area contributed by atoms with Gasteiger partial charge >= 0.3 is 0 Å². The number of rotatable bonds is 4. The van der Waals surface area contributed by atoms with Gasteiger partial charge in [0.1, 0.15) is 19.0 Å². The molecule has 1 aliphatic rings. The molecule has 1 atom stereocenters. The molecule has 0 aliphatic carbocycles. The highest BCUT2D eigenvalue weighted by Crippen LogP contribution is 2.33. The molecule has 0 fully saturated rings. The van der Waals surface area contributed by atoms with E-state index in [0.717, 1.165) is 41.3 Å². The number of ether oxygens (including phenoxy) is 2. The van der Waals surface area contributed by atoms with E-state index >= 15 is 0 Å². The normalized spacial score (nSPS) is 15.7. The van der Waals surface area contributed by atoms with E-state index in [1.807, 2.05) is 12.1 Å². The lowest BCUT2D eigenvalue weighted by Gasteiger charge is -2.17. The maximum Gasteiger partial charge on any atom is 0.163 e. The first-order valence-electron chi connectivity index (χ1n) is 6.78. The summed E-state index contributed by atoms with van der Waals surface area (Å²) < 4.78 is 11.1. The Kier molecular flexibility index (Phi) is 3.29. The Morgan fingerprint density at radius 3 is 2.79 bits per heavy atom. The predicted octanol–water partition coefficient (Wildman–Crippen LogP) is 1.87. The van der Waals surface area contributed by atoms with Gasteiger partial charge in [0.25, 0.3) is 0 Å². The van der Waals surface area contributed by atoms with Gasteiger partial charge in [0, 0.05) is 24.6 Å². The number of benzene rings is 1. The molecule has 0 amide bonds. The van der Waals surface area contributed by atoms with Crippen LogP contribution in [0.25, 0.3) is 11.0 Å². The monoisotopic (exact) mass is 261 g/mol. The molecule has 5 heteroatoms. The van der Waals surface area contributed by atoms with E-state index in [4.69, 9.17) is 9.47 Å². The number of fused-ring (bicyclic) bond motifs is 2. The number of nitrogens with one attached hydrogen (secondary N) is 2. The van der Waals surface area contributed by atoms with E-state index in [1.54, 1.807) is 0 Å². The Morgan fingerprint density at radius 2 is 2.05 bits per heavy atom. The standard InChI is InChI=1S/C14H19N3O2/c1-3-15-9(2)6-14-16-10-7-12-13(8-11(10)17-14)19-5-4-18-12/h7-9,15H,3-6H2,1-2H3,(H,16,17). The number of imidazole rings is 1. The topological polar surface area (TPSA) is 59.2 Å². The largest absolute Gasteiger partial charge is 0.486 e. The molecule has 1 aliphatic heterocycles. The van der Waals surface area contributed by atoms with Crippen molar-refractivity contribution in [2.24, 2.45) is 0 Å². The van der Waals surface area contributed by atoms with E-state index in [2.05, 4.69) is 29.1 Å². The molecular formula is C14H19N3O2. The Balaban J connectivity index is 1.88. The third kappa shape index (κ3) is 2.51. The minimum atomic E-state index is 0.410. The number of hydrogen-bond donors (Lipinski definition) is 2. The van der Waals surface area contributed by atoms with Crippen LogP contribution in [-0.2, 0) is 6.42 Å². The quantitative estimate of drug-likeness (QED) is 0.882. The first-order valence-corrected chi connectivity index (χ1v) is 6.78. The summed E-state index contributed by atoms with van der Waals surface area (Å²) in [7, 11) is 0. The number of aromatic amines is 1. The third-order valence-electron chi connectivity index (χ3n) is 3.25. The van der Waals surface area contributed by atoms with Crippen molar-refractivity contribution >= 4 is 11.0 Å². The van der Waals surface area contributed by atoms with Crippen LogP contribution in [0.15, 0.2) is 12.1 Å². The number of nitrogens with zero attached hydrogens (tertiary/aromatic N) is 1. The van der Waals surface area contributed by atoms with E-state index < -0.39 is 0 Å². The number of likely N-dealkylation sites (N-methyl/N-ethyl adjacent to an activating group) is 1. The molecule has 2 N–H and O–H groups in total. The fourth-order valence-electron chi connectivity index (χ4n) is 2.41. The van der Waals surface area contributed by atoms with Crippen molar-refractivity contribution in [3.05, 3.63) is 18.0 Å². The molecule has 3 rings (SSSR count). The second-order valence-corrected chi connectivity index (χ2v) is 4.86. The second kappa shape index (κ2) is 5.09. The van der Waals surface area contributed by atoms with Crippen LogP contribution >= 0.6 is 0 Å².